The molecule has 238 valence electrons. The van der Waals surface area contributed by atoms with Crippen molar-refractivity contribution in [3.63, 3.8) is 0 Å². The van der Waals surface area contributed by atoms with Gasteiger partial charge in [0.15, 0.2) is 11.6 Å². The average molecular weight is 638 g/mol. The van der Waals surface area contributed by atoms with Crippen molar-refractivity contribution in [3.05, 3.63) is 130 Å². The molecule has 0 unspecified atom stereocenters. The van der Waals surface area contributed by atoms with Gasteiger partial charge in [-0.3, -0.25) is 4.79 Å². The van der Waals surface area contributed by atoms with Crippen molar-refractivity contribution in [1.82, 2.24) is 5.32 Å². The number of benzene rings is 4. The summed E-state index contributed by atoms with van der Waals surface area (Å²) < 4.78 is 123. The Bertz CT molecular complexity index is 1670. The Morgan fingerprint density at radius 3 is 2.09 bits per heavy atom. The number of carbonyl (C=O) groups is 1. The van der Waals surface area contributed by atoms with E-state index in [0.717, 1.165) is 24.3 Å². The van der Waals surface area contributed by atoms with E-state index in [2.05, 4.69) is 10.1 Å². The van der Waals surface area contributed by atoms with Crippen LogP contribution in [0.4, 0.5) is 35.1 Å². The first-order valence-corrected chi connectivity index (χ1v) is 13.5. The van der Waals surface area contributed by atoms with E-state index in [1.165, 1.54) is 12.1 Å². The first-order valence-electron chi connectivity index (χ1n) is 13.5. The molecule has 0 saturated carbocycles. The van der Waals surface area contributed by atoms with Crippen molar-refractivity contribution in [2.75, 3.05) is 0 Å². The van der Waals surface area contributed by atoms with Crippen molar-refractivity contribution >= 4 is 5.91 Å². The SMILES string of the molecule is CC(C)Oc1ccc([C@@](Cc2ccccc2)(NC(=O)c2ccc(F)c(C(F)(F)F)c2)c2cc(F)cc(OC(C)(F)F)c2)cc1F. The summed E-state index contributed by atoms with van der Waals surface area (Å²) in [5.41, 5.74) is -4.15. The first-order chi connectivity index (χ1) is 21.0. The molecular weight excluding hydrogens is 610 g/mol. The molecule has 0 aliphatic heterocycles. The van der Waals surface area contributed by atoms with Crippen molar-refractivity contribution in [3.8, 4) is 11.5 Å². The molecule has 4 rings (SSSR count). The summed E-state index contributed by atoms with van der Waals surface area (Å²) in [6.45, 7) is 3.73. The number of ether oxygens (including phenoxy) is 2. The number of carbonyl (C=O) groups excluding carboxylic acids is 1. The third kappa shape index (κ3) is 8.11. The summed E-state index contributed by atoms with van der Waals surface area (Å²) in [6, 6.07) is 15.9. The molecule has 0 bridgehead atoms. The number of halogens is 8. The van der Waals surface area contributed by atoms with Crippen molar-refractivity contribution < 1.29 is 49.4 Å². The maximum absolute atomic E-state index is 15.5. The Morgan fingerprint density at radius 2 is 1.49 bits per heavy atom. The third-order valence-corrected chi connectivity index (χ3v) is 6.62. The van der Waals surface area contributed by atoms with E-state index in [1.807, 2.05) is 0 Å². The standard InChI is InChI=1S/C33H27F8NO3/c1-19(2)44-29-12-10-22(16-28(29)36)32(18-20-7-5-4-6-8-20,23-14-24(34)17-25(15-23)45-31(3,37)38)42-30(43)21-9-11-27(35)26(13-21)33(39,40)41/h4-17,19H,18H2,1-3H3,(H,42,43)/t32-/m1/s1. The summed E-state index contributed by atoms with van der Waals surface area (Å²) in [6.07, 6.45) is -9.60. The van der Waals surface area contributed by atoms with Gasteiger partial charge in [-0.25, -0.2) is 13.2 Å². The number of hydrogen-bond donors (Lipinski definition) is 1. The van der Waals surface area contributed by atoms with Crippen LogP contribution in [0.1, 0.15) is 53.4 Å². The predicted octanol–water partition coefficient (Wildman–Crippen LogP) is 8.82. The molecule has 0 aliphatic carbocycles. The van der Waals surface area contributed by atoms with Crippen LogP contribution in [0.3, 0.4) is 0 Å². The van der Waals surface area contributed by atoms with E-state index in [0.29, 0.717) is 30.7 Å². The van der Waals surface area contributed by atoms with Gasteiger partial charge >= 0.3 is 12.3 Å². The maximum atomic E-state index is 15.5. The minimum atomic E-state index is -5.14. The molecule has 1 amide bonds. The van der Waals surface area contributed by atoms with Crippen LogP contribution in [0.2, 0.25) is 0 Å². The zero-order valence-corrected chi connectivity index (χ0v) is 24.1. The minimum Gasteiger partial charge on any atom is -0.488 e. The lowest BCUT2D eigenvalue weighted by atomic mass is 9.77. The van der Waals surface area contributed by atoms with E-state index in [4.69, 9.17) is 4.74 Å². The Hall–Kier alpha value is -4.61. The highest BCUT2D eigenvalue weighted by Crippen LogP contribution is 2.39. The molecule has 4 aromatic carbocycles. The number of hydrogen-bond acceptors (Lipinski definition) is 3. The minimum absolute atomic E-state index is 0.0497. The molecule has 0 saturated heterocycles. The topological polar surface area (TPSA) is 47.6 Å². The van der Waals surface area contributed by atoms with Crippen LogP contribution in [0.15, 0.2) is 84.9 Å². The van der Waals surface area contributed by atoms with Gasteiger partial charge in [-0.15, -0.1) is 0 Å². The van der Waals surface area contributed by atoms with Crippen molar-refractivity contribution in [1.29, 1.82) is 0 Å². The molecule has 4 aromatic rings. The van der Waals surface area contributed by atoms with Gasteiger partial charge in [-0.2, -0.15) is 22.0 Å². The monoisotopic (exact) mass is 637 g/mol. The van der Waals surface area contributed by atoms with Crippen LogP contribution >= 0.6 is 0 Å². The highest BCUT2D eigenvalue weighted by atomic mass is 19.4. The predicted molar refractivity (Wildman–Crippen MR) is 150 cm³/mol. The van der Waals surface area contributed by atoms with Gasteiger partial charge in [0.05, 0.1) is 17.2 Å². The van der Waals surface area contributed by atoms with Crippen molar-refractivity contribution in [2.45, 2.75) is 51.1 Å². The van der Waals surface area contributed by atoms with Crippen LogP contribution in [0, 0.1) is 17.5 Å². The Balaban J connectivity index is 2.00. The molecule has 1 N–H and O–H groups in total. The highest BCUT2D eigenvalue weighted by molar-refractivity contribution is 5.95. The van der Waals surface area contributed by atoms with Gasteiger partial charge in [-0.1, -0.05) is 36.4 Å². The second-order valence-electron chi connectivity index (χ2n) is 10.6. The Labute approximate surface area is 253 Å². The summed E-state index contributed by atoms with van der Waals surface area (Å²) in [7, 11) is 0. The van der Waals surface area contributed by atoms with E-state index in [1.54, 1.807) is 44.2 Å². The van der Waals surface area contributed by atoms with Gasteiger partial charge in [-0.05, 0) is 73.0 Å². The Kier molecular flexibility index (Phi) is 9.46. The summed E-state index contributed by atoms with van der Waals surface area (Å²) in [5, 5.41) is 2.58. The number of rotatable bonds is 10. The molecule has 4 nitrogen and oxygen atoms in total. The fourth-order valence-electron chi connectivity index (χ4n) is 4.80. The smallest absolute Gasteiger partial charge is 0.419 e. The summed E-state index contributed by atoms with van der Waals surface area (Å²) in [4.78, 5) is 13.7. The van der Waals surface area contributed by atoms with E-state index >= 15 is 8.78 Å². The van der Waals surface area contributed by atoms with Crippen LogP contribution in [-0.2, 0) is 18.1 Å². The van der Waals surface area contributed by atoms with Crippen LogP contribution in [0.5, 0.6) is 11.5 Å². The Morgan fingerprint density at radius 1 is 0.800 bits per heavy atom. The van der Waals surface area contributed by atoms with Gasteiger partial charge < -0.3 is 14.8 Å². The molecule has 0 aromatic heterocycles. The lowest BCUT2D eigenvalue weighted by Gasteiger charge is -2.37. The lowest BCUT2D eigenvalue weighted by molar-refractivity contribution is -0.159. The molecule has 12 heteroatoms. The fraction of sp³-hybridized carbons (Fsp3) is 0.242. The molecule has 0 fully saturated rings. The average Bonchev–Trinajstić information content (AvgIpc) is 2.92. The van der Waals surface area contributed by atoms with E-state index in [9.17, 15) is 31.1 Å². The molecule has 1 atom stereocenters. The number of amides is 1. The number of alkyl halides is 5. The van der Waals surface area contributed by atoms with Crippen LogP contribution in [0.25, 0.3) is 0 Å². The second-order valence-corrected chi connectivity index (χ2v) is 10.6. The van der Waals surface area contributed by atoms with Crippen LogP contribution < -0.4 is 14.8 Å². The summed E-state index contributed by atoms with van der Waals surface area (Å²) >= 11 is 0. The number of nitrogens with one attached hydrogen (secondary N) is 1. The van der Waals surface area contributed by atoms with Gasteiger partial charge in [0.2, 0.25) is 0 Å². The quantitative estimate of drug-likeness (QED) is 0.177. The van der Waals surface area contributed by atoms with Gasteiger partial charge in [0.1, 0.15) is 17.4 Å². The molecular formula is C33H27F8NO3. The zero-order chi connectivity index (χ0) is 33.2. The lowest BCUT2D eigenvalue weighted by Crippen LogP contribution is -2.49. The molecule has 0 aliphatic rings. The largest absolute Gasteiger partial charge is 0.488 e. The zero-order valence-electron chi connectivity index (χ0n) is 24.1. The first kappa shape index (κ1) is 33.3. The molecule has 0 radical (unpaired) electrons. The van der Waals surface area contributed by atoms with E-state index in [-0.39, 0.29) is 23.3 Å². The molecule has 45 heavy (non-hydrogen) atoms. The second kappa shape index (κ2) is 12.8. The molecule has 0 heterocycles. The summed E-state index contributed by atoms with van der Waals surface area (Å²) in [5.74, 6) is -5.60. The van der Waals surface area contributed by atoms with E-state index < -0.39 is 64.2 Å². The molecule has 0 spiro atoms. The van der Waals surface area contributed by atoms with Gasteiger partial charge in [0, 0.05) is 25.0 Å². The third-order valence-electron chi connectivity index (χ3n) is 6.62. The normalized spacial score (nSPS) is 13.3. The van der Waals surface area contributed by atoms with Crippen LogP contribution in [-0.4, -0.2) is 18.1 Å². The van der Waals surface area contributed by atoms with Crippen molar-refractivity contribution in [2.24, 2.45) is 0 Å². The highest BCUT2D eigenvalue weighted by Gasteiger charge is 2.40. The fourth-order valence-corrected chi connectivity index (χ4v) is 4.80. The van der Waals surface area contributed by atoms with Gasteiger partial charge in [0.25, 0.3) is 5.91 Å². The maximum Gasteiger partial charge on any atom is 0.419 e.